The van der Waals surface area contributed by atoms with Gasteiger partial charge in [0.1, 0.15) is 10.9 Å². The predicted molar refractivity (Wildman–Crippen MR) is 119 cm³/mol. The molecular weight excluding hydrogens is 459 g/mol. The molecule has 0 fully saturated rings. The number of halogens is 2. The van der Waals surface area contributed by atoms with Crippen molar-refractivity contribution in [2.24, 2.45) is 0 Å². The number of nitrogens with zero attached hydrogens (tertiary/aromatic N) is 1. The number of hydrogen-bond acceptors (Lipinski definition) is 5. The van der Waals surface area contributed by atoms with Crippen LogP contribution in [0.15, 0.2) is 34.5 Å². The Morgan fingerprint density at radius 3 is 2.64 bits per heavy atom. The third kappa shape index (κ3) is 6.11. The smallest absolute Gasteiger partial charge is 0.242 e. The van der Waals surface area contributed by atoms with Crippen LogP contribution < -0.4 is 4.72 Å². The number of sulfonamides is 1. The van der Waals surface area contributed by atoms with E-state index >= 15 is 0 Å². The molecule has 0 radical (unpaired) electrons. The summed E-state index contributed by atoms with van der Waals surface area (Å²) in [6.07, 6.45) is 2.27. The molecule has 1 atom stereocenters. The van der Waals surface area contributed by atoms with Crippen molar-refractivity contribution in [1.29, 1.82) is 0 Å². The number of rotatable bonds is 9. The van der Waals surface area contributed by atoms with Crippen molar-refractivity contribution in [3.8, 4) is 0 Å². The summed E-state index contributed by atoms with van der Waals surface area (Å²) in [5.41, 5.74) is 1.11. The van der Waals surface area contributed by atoms with E-state index in [2.05, 4.69) is 4.72 Å². The first kappa shape index (κ1) is 23.5. The fraction of sp³-hybridized carbons (Fsp3) is 0.389. The minimum atomic E-state index is -4.01. The highest BCUT2D eigenvalue weighted by molar-refractivity contribution is 7.98. The van der Waals surface area contributed by atoms with Crippen LogP contribution in [0.2, 0.25) is 10.0 Å². The van der Waals surface area contributed by atoms with Gasteiger partial charge in [-0.1, -0.05) is 23.2 Å². The number of aryl methyl sites for hydroxylation is 1. The van der Waals surface area contributed by atoms with E-state index in [1.165, 1.54) is 18.2 Å². The number of likely N-dealkylation sites (N-methyl/N-ethyl adjacent to an activating group) is 1. The van der Waals surface area contributed by atoms with Crippen LogP contribution in [0.5, 0.6) is 0 Å². The van der Waals surface area contributed by atoms with Crippen molar-refractivity contribution in [2.75, 3.05) is 19.1 Å². The molecule has 10 heteroatoms. The second kappa shape index (κ2) is 10.3. The van der Waals surface area contributed by atoms with Gasteiger partial charge in [-0.3, -0.25) is 4.79 Å². The van der Waals surface area contributed by atoms with Crippen molar-refractivity contribution in [1.82, 2.24) is 9.62 Å². The highest BCUT2D eigenvalue weighted by Crippen LogP contribution is 2.25. The fourth-order valence-electron chi connectivity index (χ4n) is 2.53. The molecular formula is C18H22Cl2N2O3S3. The topological polar surface area (TPSA) is 66.5 Å². The zero-order valence-corrected chi connectivity index (χ0v) is 19.7. The molecule has 1 unspecified atom stereocenters. The van der Waals surface area contributed by atoms with Gasteiger partial charge in [0, 0.05) is 16.9 Å². The van der Waals surface area contributed by atoms with Crippen molar-refractivity contribution < 1.29 is 13.2 Å². The van der Waals surface area contributed by atoms with Crippen LogP contribution in [0, 0.1) is 6.92 Å². The van der Waals surface area contributed by atoms with Crippen LogP contribution in [0.3, 0.4) is 0 Å². The molecule has 0 saturated heterocycles. The number of carbonyl (C=O) groups excluding carboxylic acids is 1. The first-order valence-corrected chi connectivity index (χ1v) is 12.9. The number of thioether (sulfide) groups is 1. The number of amides is 1. The van der Waals surface area contributed by atoms with Crippen LogP contribution in [-0.2, 0) is 21.4 Å². The lowest BCUT2D eigenvalue weighted by Gasteiger charge is -2.24. The average molecular weight is 481 g/mol. The van der Waals surface area contributed by atoms with Gasteiger partial charge in [-0.15, -0.1) is 11.3 Å². The molecule has 2 aromatic rings. The summed E-state index contributed by atoms with van der Waals surface area (Å²) in [6.45, 7) is 2.41. The molecule has 1 N–H and O–H groups in total. The average Bonchev–Trinajstić information content (AvgIpc) is 3.04. The van der Waals surface area contributed by atoms with Gasteiger partial charge in [0.2, 0.25) is 15.9 Å². The Labute approximate surface area is 184 Å². The number of carbonyl (C=O) groups is 1. The van der Waals surface area contributed by atoms with E-state index in [0.29, 0.717) is 18.7 Å². The zero-order valence-electron chi connectivity index (χ0n) is 15.7. The Morgan fingerprint density at radius 2 is 2.04 bits per heavy atom. The third-order valence-corrected chi connectivity index (χ3v) is 7.95. The second-order valence-electron chi connectivity index (χ2n) is 6.25. The van der Waals surface area contributed by atoms with Crippen molar-refractivity contribution >= 4 is 62.2 Å². The molecule has 1 aromatic carbocycles. The number of benzene rings is 1. The van der Waals surface area contributed by atoms with E-state index in [4.69, 9.17) is 23.2 Å². The Bertz CT molecular complexity index is 932. The summed E-state index contributed by atoms with van der Waals surface area (Å²) in [4.78, 5) is 15.5. The molecule has 0 saturated carbocycles. The Morgan fingerprint density at radius 1 is 1.32 bits per heavy atom. The molecule has 28 heavy (non-hydrogen) atoms. The number of thiophene rings is 1. The van der Waals surface area contributed by atoms with E-state index in [1.807, 2.05) is 24.6 Å². The summed E-state index contributed by atoms with van der Waals surface area (Å²) in [5, 5.41) is 2.27. The standard InChI is InChI=1S/C18H22Cl2N2O3S3/c1-12-6-9-27-16(12)11-22(2)18(23)15(7-8-26-3)21-28(24,25)17-10-13(19)4-5-14(17)20/h4-6,9-10,15,21H,7-8,11H2,1-3H3. The molecule has 0 aliphatic rings. The molecule has 1 aromatic heterocycles. The lowest BCUT2D eigenvalue weighted by molar-refractivity contribution is -0.132. The first-order valence-electron chi connectivity index (χ1n) is 8.40. The second-order valence-corrected chi connectivity index (χ2v) is 10.8. The normalized spacial score (nSPS) is 12.8. The third-order valence-electron chi connectivity index (χ3n) is 4.11. The molecule has 0 spiro atoms. The maximum absolute atomic E-state index is 13.0. The SMILES string of the molecule is CSCCC(NS(=O)(=O)c1cc(Cl)ccc1Cl)C(=O)N(C)Cc1sccc1C. The van der Waals surface area contributed by atoms with E-state index in [-0.39, 0.29) is 20.8 Å². The van der Waals surface area contributed by atoms with E-state index in [0.717, 1.165) is 10.4 Å². The summed E-state index contributed by atoms with van der Waals surface area (Å²) in [7, 11) is -2.34. The lowest BCUT2D eigenvalue weighted by Crippen LogP contribution is -2.47. The Hall–Kier alpha value is -0.770. The molecule has 0 aliphatic carbocycles. The van der Waals surface area contributed by atoms with Crippen LogP contribution >= 0.6 is 46.3 Å². The van der Waals surface area contributed by atoms with Gasteiger partial charge in [-0.25, -0.2) is 8.42 Å². The minimum absolute atomic E-state index is 0.0514. The van der Waals surface area contributed by atoms with Crippen molar-refractivity contribution in [3.05, 3.63) is 50.1 Å². The lowest BCUT2D eigenvalue weighted by atomic mass is 10.2. The zero-order chi connectivity index (χ0) is 20.9. The maximum atomic E-state index is 13.0. The molecule has 154 valence electrons. The predicted octanol–water partition coefficient (Wildman–Crippen LogP) is 4.42. The van der Waals surface area contributed by atoms with Crippen molar-refractivity contribution in [3.63, 3.8) is 0 Å². The van der Waals surface area contributed by atoms with Gasteiger partial charge in [0.15, 0.2) is 0 Å². The molecule has 2 rings (SSSR count). The van der Waals surface area contributed by atoms with Crippen LogP contribution in [0.25, 0.3) is 0 Å². The number of nitrogens with one attached hydrogen (secondary N) is 1. The van der Waals surface area contributed by atoms with Crippen LogP contribution in [-0.4, -0.2) is 44.3 Å². The van der Waals surface area contributed by atoms with Gasteiger partial charge in [-0.05, 0) is 60.6 Å². The highest BCUT2D eigenvalue weighted by atomic mass is 35.5. The Kier molecular flexibility index (Phi) is 8.66. The maximum Gasteiger partial charge on any atom is 0.242 e. The molecule has 0 bridgehead atoms. The number of hydrogen-bond donors (Lipinski definition) is 1. The summed E-state index contributed by atoms with van der Waals surface area (Å²) in [6, 6.07) is 5.31. The van der Waals surface area contributed by atoms with Gasteiger partial charge < -0.3 is 4.90 Å². The largest absolute Gasteiger partial charge is 0.339 e. The molecule has 1 amide bonds. The fourth-order valence-corrected chi connectivity index (χ4v) is 5.94. The molecule has 5 nitrogen and oxygen atoms in total. The first-order chi connectivity index (χ1) is 13.2. The van der Waals surface area contributed by atoms with Gasteiger partial charge >= 0.3 is 0 Å². The van der Waals surface area contributed by atoms with Crippen LogP contribution in [0.1, 0.15) is 16.9 Å². The summed E-state index contributed by atoms with van der Waals surface area (Å²) >= 11 is 15.1. The quantitative estimate of drug-likeness (QED) is 0.576. The van der Waals surface area contributed by atoms with Crippen LogP contribution in [0.4, 0.5) is 0 Å². The van der Waals surface area contributed by atoms with E-state index in [1.54, 1.807) is 35.0 Å². The Balaban J connectivity index is 2.23. The molecule has 1 heterocycles. The molecule has 0 aliphatic heterocycles. The monoisotopic (exact) mass is 480 g/mol. The van der Waals surface area contributed by atoms with Gasteiger partial charge in [-0.2, -0.15) is 16.5 Å². The summed E-state index contributed by atoms with van der Waals surface area (Å²) < 4.78 is 28.2. The van der Waals surface area contributed by atoms with Gasteiger partial charge in [0.25, 0.3) is 0 Å². The van der Waals surface area contributed by atoms with E-state index < -0.39 is 16.1 Å². The minimum Gasteiger partial charge on any atom is -0.339 e. The van der Waals surface area contributed by atoms with E-state index in [9.17, 15) is 13.2 Å². The van der Waals surface area contributed by atoms with Gasteiger partial charge in [0.05, 0.1) is 11.6 Å². The highest BCUT2D eigenvalue weighted by Gasteiger charge is 2.29. The summed E-state index contributed by atoms with van der Waals surface area (Å²) in [5.74, 6) is 0.345. The van der Waals surface area contributed by atoms with Crippen molar-refractivity contribution in [2.45, 2.75) is 30.8 Å².